The van der Waals surface area contributed by atoms with Crippen molar-refractivity contribution >= 4 is 101 Å². The van der Waals surface area contributed by atoms with E-state index in [1.165, 1.54) is 16.0 Å². The molecule has 4 aromatic heterocycles. The number of methoxy groups -OCH3 is 2. The summed E-state index contributed by atoms with van der Waals surface area (Å²) in [7, 11) is 3.32. The molecule has 13 nitrogen and oxygen atoms in total. The Morgan fingerprint density at radius 1 is 0.733 bits per heavy atom. The van der Waals surface area contributed by atoms with Gasteiger partial charge in [0, 0.05) is 27.6 Å². The van der Waals surface area contributed by atoms with Crippen LogP contribution in [-0.2, 0) is 48.4 Å². The summed E-state index contributed by atoms with van der Waals surface area (Å²) < 4.78 is 11.2. The van der Waals surface area contributed by atoms with E-state index in [-0.39, 0.29) is 5.24 Å². The molecule has 60 heavy (non-hydrogen) atoms. The quantitative estimate of drug-likeness (QED) is 0.112. The molecular formula is C44H43ClN8O5S2. The Morgan fingerprint density at radius 2 is 1.20 bits per heavy atom. The van der Waals surface area contributed by atoms with Crippen molar-refractivity contribution in [2.75, 3.05) is 24.9 Å². The number of carbonyl (C=O) groups excluding carboxylic acids is 1. The first kappa shape index (κ1) is 39.9. The molecule has 0 saturated carbocycles. The first-order valence-corrected chi connectivity index (χ1v) is 22.0. The number of anilines is 4. The number of thiophene rings is 2. The van der Waals surface area contributed by atoms with Crippen LogP contribution in [0.5, 0.6) is 11.5 Å². The summed E-state index contributed by atoms with van der Waals surface area (Å²) in [5.74, 6) is 2.28. The number of ether oxygens (including phenoxy) is 2. The largest absolute Gasteiger partial charge is 0.495 e. The van der Waals surface area contributed by atoms with E-state index in [1.807, 2.05) is 50.5 Å². The van der Waals surface area contributed by atoms with Crippen molar-refractivity contribution in [3.05, 3.63) is 80.1 Å². The third-order valence-corrected chi connectivity index (χ3v) is 15.4. The number of benzene rings is 2. The molecule has 0 fully saturated rings. The van der Waals surface area contributed by atoms with Crippen LogP contribution in [0.15, 0.2) is 46.9 Å². The van der Waals surface area contributed by atoms with Crippen LogP contribution in [0.25, 0.3) is 20.4 Å². The second-order valence-electron chi connectivity index (χ2n) is 15.7. The van der Waals surface area contributed by atoms with Gasteiger partial charge in [0.2, 0.25) is 5.24 Å². The number of nitrogens with one attached hydrogen (secondary N) is 2. The lowest BCUT2D eigenvalue weighted by Gasteiger charge is -2.32. The van der Waals surface area contributed by atoms with Crippen molar-refractivity contribution in [2.45, 2.75) is 78.3 Å². The number of rotatable bonds is 10. The molecule has 2 aromatic carbocycles. The highest BCUT2D eigenvalue weighted by molar-refractivity contribution is 7.19. The van der Waals surface area contributed by atoms with Gasteiger partial charge in [0.25, 0.3) is 0 Å². The SMILES string of the molecule is CC[C@@]1(C(=O)Cl)CCc2c(sc3ncnc(Nc4cc5c(cc4OC)CN=C5)c23)C1.CC[C@@]1(C(=O)O)CCc2c(sc3ncnc(Nc4cc5c(cc4OC)CN=C5)c23)C1. The average molecular weight is 863 g/mol. The van der Waals surface area contributed by atoms with E-state index < -0.39 is 16.8 Å². The van der Waals surface area contributed by atoms with E-state index in [9.17, 15) is 14.7 Å². The molecule has 2 aliphatic carbocycles. The van der Waals surface area contributed by atoms with Crippen LogP contribution < -0.4 is 20.1 Å². The molecule has 0 bridgehead atoms. The molecule has 0 unspecified atom stereocenters. The van der Waals surface area contributed by atoms with E-state index >= 15 is 0 Å². The molecular weight excluding hydrogens is 820 g/mol. The van der Waals surface area contributed by atoms with Gasteiger partial charge in [-0.3, -0.25) is 19.6 Å². The Balaban J connectivity index is 0.000000154. The Labute approximate surface area is 359 Å². The Bertz CT molecular complexity index is 2600. The van der Waals surface area contributed by atoms with Gasteiger partial charge < -0.3 is 25.2 Å². The lowest BCUT2D eigenvalue weighted by atomic mass is 9.72. The minimum atomic E-state index is -0.706. The van der Waals surface area contributed by atoms with E-state index in [1.54, 1.807) is 49.5 Å². The molecule has 308 valence electrons. The predicted molar refractivity (Wildman–Crippen MR) is 238 cm³/mol. The third kappa shape index (κ3) is 6.85. The van der Waals surface area contributed by atoms with Crippen LogP contribution in [0.3, 0.4) is 0 Å². The summed E-state index contributed by atoms with van der Waals surface area (Å²) in [6, 6.07) is 8.11. The summed E-state index contributed by atoms with van der Waals surface area (Å²) in [6.45, 7) is 5.35. The summed E-state index contributed by atoms with van der Waals surface area (Å²) in [4.78, 5) is 54.9. The molecule has 0 spiro atoms. The highest BCUT2D eigenvalue weighted by Gasteiger charge is 2.42. The fourth-order valence-electron chi connectivity index (χ4n) is 8.91. The highest BCUT2D eigenvalue weighted by atomic mass is 35.5. The molecule has 6 heterocycles. The fourth-order valence-corrected chi connectivity index (χ4v) is 11.9. The summed E-state index contributed by atoms with van der Waals surface area (Å²) in [5.41, 5.74) is 7.37. The van der Waals surface area contributed by atoms with Crippen molar-refractivity contribution in [3.8, 4) is 11.5 Å². The third-order valence-electron chi connectivity index (χ3n) is 12.7. The van der Waals surface area contributed by atoms with Crippen molar-refractivity contribution in [2.24, 2.45) is 20.8 Å². The Kier molecular flexibility index (Phi) is 10.5. The molecule has 4 aliphatic rings. The van der Waals surface area contributed by atoms with E-state index in [2.05, 4.69) is 40.6 Å². The van der Waals surface area contributed by atoms with Crippen LogP contribution >= 0.6 is 34.3 Å². The van der Waals surface area contributed by atoms with Crippen LogP contribution in [0.4, 0.5) is 23.0 Å². The number of aliphatic imine (C=N–C) groups is 2. The van der Waals surface area contributed by atoms with Gasteiger partial charge in [-0.2, -0.15) is 0 Å². The maximum absolute atomic E-state index is 12.2. The zero-order chi connectivity index (χ0) is 41.8. The second kappa shape index (κ2) is 15.8. The Morgan fingerprint density at radius 3 is 1.63 bits per heavy atom. The Hall–Kier alpha value is -5.51. The molecule has 2 atom stereocenters. The van der Waals surface area contributed by atoms with Crippen molar-refractivity contribution < 1.29 is 24.2 Å². The molecule has 6 aromatic rings. The lowest BCUT2D eigenvalue weighted by Crippen LogP contribution is -2.35. The molecule has 3 N–H and O–H groups in total. The van der Waals surface area contributed by atoms with Crippen LogP contribution in [0, 0.1) is 10.8 Å². The first-order chi connectivity index (χ1) is 29.1. The average Bonchev–Trinajstić information content (AvgIpc) is 4.07. The summed E-state index contributed by atoms with van der Waals surface area (Å²) in [6.07, 6.45) is 12.4. The summed E-state index contributed by atoms with van der Waals surface area (Å²) in [5, 5.41) is 18.5. The minimum absolute atomic E-state index is 0.234. The van der Waals surface area contributed by atoms with Gasteiger partial charge in [-0.15, -0.1) is 22.7 Å². The van der Waals surface area contributed by atoms with Crippen molar-refractivity contribution in [3.63, 3.8) is 0 Å². The van der Waals surface area contributed by atoms with E-state index in [0.29, 0.717) is 45.2 Å². The number of carbonyl (C=O) groups is 2. The monoisotopic (exact) mass is 862 g/mol. The standard InChI is InChI=1S/C22H21ClN4O2S.C22H22N4O3S/c1-3-22(21(23)28)5-4-14-17(8-22)30-20-18(14)19(25-11-26-20)27-15-6-12-9-24-10-13(12)7-16(15)29-2;1-3-22(21(27)28)5-4-14-17(8-22)30-20-18(14)19(24-11-25-20)26-15-6-12-9-23-10-13(12)7-16(15)29-2/h6-7,9,11H,3-5,8,10H2,1-2H3,(H,25,26,27);6-7,9,11H,3-5,8,10H2,1-2H3,(H,27,28)(H,24,25,26)/t2*22-/m11/s1. The predicted octanol–water partition coefficient (Wildman–Crippen LogP) is 9.37. The van der Waals surface area contributed by atoms with Crippen LogP contribution in [0.1, 0.15) is 82.7 Å². The van der Waals surface area contributed by atoms with Gasteiger partial charge in [-0.25, -0.2) is 19.9 Å². The number of hydrogen-bond donors (Lipinski definition) is 3. The second-order valence-corrected chi connectivity index (χ2v) is 18.2. The molecule has 16 heteroatoms. The number of hydrogen-bond acceptors (Lipinski definition) is 14. The van der Waals surface area contributed by atoms with Gasteiger partial charge in [-0.1, -0.05) is 13.8 Å². The minimum Gasteiger partial charge on any atom is -0.495 e. The zero-order valence-corrected chi connectivity index (χ0v) is 36.0. The van der Waals surface area contributed by atoms with Crippen molar-refractivity contribution in [1.29, 1.82) is 0 Å². The number of aromatic nitrogens is 4. The number of aliphatic carboxylic acids is 1. The molecule has 10 rings (SSSR count). The number of carboxylic acid groups (broad SMARTS) is 1. The number of aryl methyl sites for hydroxylation is 2. The fraction of sp³-hybridized carbons (Fsp3) is 0.364. The van der Waals surface area contributed by atoms with Gasteiger partial charge in [-0.05, 0) is 121 Å². The number of halogens is 1. The van der Waals surface area contributed by atoms with Gasteiger partial charge in [0.05, 0.1) is 54.9 Å². The molecule has 0 radical (unpaired) electrons. The van der Waals surface area contributed by atoms with Gasteiger partial charge in [0.15, 0.2) is 0 Å². The topological polar surface area (TPSA) is 173 Å². The van der Waals surface area contributed by atoms with Crippen LogP contribution in [-0.4, -0.2) is 62.9 Å². The maximum atomic E-state index is 12.2. The van der Waals surface area contributed by atoms with Crippen LogP contribution in [0.2, 0.25) is 0 Å². The molecule has 0 amide bonds. The van der Waals surface area contributed by atoms with Gasteiger partial charge in [0.1, 0.15) is 45.5 Å². The highest BCUT2D eigenvalue weighted by Crippen LogP contribution is 2.49. The number of nitrogens with zero attached hydrogens (tertiary/aromatic N) is 6. The summed E-state index contributed by atoms with van der Waals surface area (Å²) >= 11 is 9.22. The normalized spacial score (nSPS) is 19.6. The zero-order valence-electron chi connectivity index (χ0n) is 33.6. The van der Waals surface area contributed by atoms with E-state index in [4.69, 9.17) is 21.1 Å². The molecule has 2 aliphatic heterocycles. The smallest absolute Gasteiger partial charge is 0.309 e. The first-order valence-electron chi connectivity index (χ1n) is 20.0. The van der Waals surface area contributed by atoms with E-state index in [0.717, 1.165) is 101 Å². The molecule has 0 saturated heterocycles. The van der Waals surface area contributed by atoms with Crippen molar-refractivity contribution in [1.82, 2.24) is 19.9 Å². The maximum Gasteiger partial charge on any atom is 0.309 e. The number of carboxylic acids is 1. The number of fused-ring (bicyclic) bond motifs is 8. The van der Waals surface area contributed by atoms with Gasteiger partial charge >= 0.3 is 5.97 Å². The lowest BCUT2D eigenvalue weighted by molar-refractivity contribution is -0.150.